The zero-order chi connectivity index (χ0) is 14.5. The molecule has 0 amide bonds. The molecule has 0 unspecified atom stereocenters. The van der Waals surface area contributed by atoms with E-state index in [1.54, 1.807) is 0 Å². The molecule has 1 aromatic carbocycles. The molecule has 0 atom stereocenters. The lowest BCUT2D eigenvalue weighted by molar-refractivity contribution is -0.386. The van der Waals surface area contributed by atoms with E-state index in [-0.39, 0.29) is 23.5 Å². The molecule has 1 aromatic rings. The van der Waals surface area contributed by atoms with Crippen LogP contribution in [-0.2, 0) is 0 Å². The normalized spacial score (nSPS) is 11.4. The summed E-state index contributed by atoms with van der Waals surface area (Å²) in [5.41, 5.74) is -0.542. The molecule has 0 radical (unpaired) electrons. The third kappa shape index (κ3) is 3.59. The minimum atomic E-state index is -0.713. The van der Waals surface area contributed by atoms with E-state index in [1.165, 1.54) is 12.1 Å². The zero-order valence-corrected chi connectivity index (χ0v) is 12.0. The van der Waals surface area contributed by atoms with Crippen LogP contribution in [0.4, 0.5) is 10.1 Å². The van der Waals surface area contributed by atoms with Crippen molar-refractivity contribution in [2.45, 2.75) is 26.7 Å². The largest absolute Gasteiger partial charge is 0.484 e. The van der Waals surface area contributed by atoms with Crippen molar-refractivity contribution in [3.8, 4) is 5.75 Å². The van der Waals surface area contributed by atoms with Gasteiger partial charge in [-0.2, -0.15) is 12.6 Å². The molecule has 106 valence electrons. The van der Waals surface area contributed by atoms with Crippen LogP contribution in [0.15, 0.2) is 18.2 Å². The van der Waals surface area contributed by atoms with Crippen molar-refractivity contribution < 1.29 is 14.1 Å². The Bertz CT molecular complexity index is 441. The molecule has 0 fully saturated rings. The number of nitro groups is 1. The van der Waals surface area contributed by atoms with Gasteiger partial charge in [-0.05, 0) is 24.7 Å². The first kappa shape index (κ1) is 15.8. The lowest BCUT2D eigenvalue weighted by Crippen LogP contribution is -2.29. The molecule has 19 heavy (non-hydrogen) atoms. The minimum Gasteiger partial charge on any atom is -0.484 e. The van der Waals surface area contributed by atoms with Crippen molar-refractivity contribution in [1.82, 2.24) is 0 Å². The topological polar surface area (TPSA) is 52.4 Å². The number of thiol groups is 1. The summed E-state index contributed by atoms with van der Waals surface area (Å²) in [7, 11) is 0. The van der Waals surface area contributed by atoms with E-state index >= 15 is 0 Å². The molecule has 1 rings (SSSR count). The fraction of sp³-hybridized carbons (Fsp3) is 0.538. The predicted octanol–water partition coefficient (Wildman–Crippen LogP) is 3.85. The number of benzene rings is 1. The van der Waals surface area contributed by atoms with Gasteiger partial charge in [0, 0.05) is 11.5 Å². The first-order valence-electron chi connectivity index (χ1n) is 6.16. The second-order valence-electron chi connectivity index (χ2n) is 4.50. The van der Waals surface area contributed by atoms with Crippen LogP contribution in [-0.4, -0.2) is 17.3 Å². The average Bonchev–Trinajstić information content (AvgIpc) is 2.42. The molecule has 0 saturated carbocycles. The number of hydrogen-bond acceptors (Lipinski definition) is 4. The van der Waals surface area contributed by atoms with Gasteiger partial charge in [0.15, 0.2) is 5.82 Å². The standard InChI is InChI=1S/C13H18FNO3S/c1-3-13(4-2,9-19)8-18-12-10(14)6-5-7-11(12)15(16)17/h5-7,19H,3-4,8-9H2,1-2H3. The van der Waals surface area contributed by atoms with Crippen LogP contribution in [0.2, 0.25) is 0 Å². The molecule has 4 nitrogen and oxygen atoms in total. The highest BCUT2D eigenvalue weighted by atomic mass is 32.1. The Morgan fingerprint density at radius 2 is 2.05 bits per heavy atom. The van der Waals surface area contributed by atoms with Crippen molar-refractivity contribution in [3.05, 3.63) is 34.1 Å². The molecule has 0 N–H and O–H groups in total. The maximum atomic E-state index is 13.6. The highest BCUT2D eigenvalue weighted by Crippen LogP contribution is 2.34. The van der Waals surface area contributed by atoms with Crippen LogP contribution in [0.3, 0.4) is 0 Å². The molecule has 0 spiro atoms. The van der Waals surface area contributed by atoms with Crippen molar-refractivity contribution >= 4 is 18.3 Å². The van der Waals surface area contributed by atoms with E-state index in [4.69, 9.17) is 4.74 Å². The molecule has 0 aliphatic carbocycles. The highest BCUT2D eigenvalue weighted by molar-refractivity contribution is 7.80. The Hall–Kier alpha value is -1.30. The fourth-order valence-corrected chi connectivity index (χ4v) is 2.27. The third-order valence-electron chi connectivity index (χ3n) is 3.50. The van der Waals surface area contributed by atoms with E-state index in [2.05, 4.69) is 12.6 Å². The second-order valence-corrected chi connectivity index (χ2v) is 4.82. The molecule has 0 heterocycles. The van der Waals surface area contributed by atoms with Gasteiger partial charge in [0.1, 0.15) is 0 Å². The van der Waals surface area contributed by atoms with E-state index < -0.39 is 10.7 Å². The number of ether oxygens (including phenoxy) is 1. The van der Waals surface area contributed by atoms with E-state index in [1.807, 2.05) is 13.8 Å². The number of nitro benzene ring substituents is 1. The quantitative estimate of drug-likeness (QED) is 0.471. The van der Waals surface area contributed by atoms with Crippen LogP contribution < -0.4 is 4.74 Å². The smallest absolute Gasteiger partial charge is 0.314 e. The summed E-state index contributed by atoms with van der Waals surface area (Å²) in [6.07, 6.45) is 1.63. The van der Waals surface area contributed by atoms with Crippen molar-refractivity contribution in [3.63, 3.8) is 0 Å². The molecule has 0 aromatic heterocycles. The summed E-state index contributed by atoms with van der Waals surface area (Å²) in [6.45, 7) is 4.21. The lowest BCUT2D eigenvalue weighted by atomic mass is 9.85. The Kier molecular flexibility index (Phi) is 5.60. The van der Waals surface area contributed by atoms with Crippen LogP contribution >= 0.6 is 12.6 Å². The SMILES string of the molecule is CCC(CC)(CS)COc1c(F)cccc1[N+](=O)[O-]. The third-order valence-corrected chi connectivity index (χ3v) is 4.17. The summed E-state index contributed by atoms with van der Waals surface area (Å²) in [4.78, 5) is 10.2. The van der Waals surface area contributed by atoms with E-state index in [0.717, 1.165) is 18.9 Å². The molecule has 6 heteroatoms. The number of hydrogen-bond donors (Lipinski definition) is 1. The average molecular weight is 287 g/mol. The molecular formula is C13H18FNO3S. The molecule has 0 aliphatic heterocycles. The van der Waals surface area contributed by atoms with Crippen LogP contribution in [0.5, 0.6) is 5.75 Å². The molecule has 0 aliphatic rings. The summed E-state index contributed by atoms with van der Waals surface area (Å²) in [6, 6.07) is 3.69. The Morgan fingerprint density at radius 3 is 2.53 bits per heavy atom. The number of rotatable bonds is 7. The number of halogens is 1. The van der Waals surface area contributed by atoms with Gasteiger partial charge in [0.05, 0.1) is 11.5 Å². The summed E-state index contributed by atoms with van der Waals surface area (Å²) < 4.78 is 19.1. The van der Waals surface area contributed by atoms with Crippen molar-refractivity contribution in [2.24, 2.45) is 5.41 Å². The van der Waals surface area contributed by atoms with Gasteiger partial charge in [0.25, 0.3) is 0 Å². The molecule has 0 saturated heterocycles. The van der Waals surface area contributed by atoms with Gasteiger partial charge in [-0.15, -0.1) is 0 Å². The highest BCUT2D eigenvalue weighted by Gasteiger charge is 2.28. The summed E-state index contributed by atoms with van der Waals surface area (Å²) >= 11 is 4.29. The lowest BCUT2D eigenvalue weighted by Gasteiger charge is -2.29. The Labute approximate surface area is 117 Å². The monoisotopic (exact) mass is 287 g/mol. The Balaban J connectivity index is 2.97. The first-order valence-corrected chi connectivity index (χ1v) is 6.79. The van der Waals surface area contributed by atoms with Crippen LogP contribution in [0.25, 0.3) is 0 Å². The minimum absolute atomic E-state index is 0.195. The summed E-state index contributed by atoms with van der Waals surface area (Å²) in [5.74, 6) is -0.419. The van der Waals surface area contributed by atoms with Gasteiger partial charge in [-0.1, -0.05) is 19.9 Å². The number of nitrogens with zero attached hydrogens (tertiary/aromatic N) is 1. The van der Waals surface area contributed by atoms with E-state index in [9.17, 15) is 14.5 Å². The first-order chi connectivity index (χ1) is 8.99. The van der Waals surface area contributed by atoms with Gasteiger partial charge in [-0.3, -0.25) is 10.1 Å². The van der Waals surface area contributed by atoms with Crippen molar-refractivity contribution in [1.29, 1.82) is 0 Å². The maximum absolute atomic E-state index is 13.6. The summed E-state index contributed by atoms with van der Waals surface area (Å²) in [5, 5.41) is 10.9. The molecule has 0 bridgehead atoms. The predicted molar refractivity (Wildman–Crippen MR) is 75.4 cm³/mol. The van der Waals surface area contributed by atoms with Gasteiger partial charge in [-0.25, -0.2) is 4.39 Å². The Morgan fingerprint density at radius 1 is 1.42 bits per heavy atom. The van der Waals surface area contributed by atoms with Crippen LogP contribution in [0, 0.1) is 21.3 Å². The van der Waals surface area contributed by atoms with Gasteiger partial charge < -0.3 is 4.74 Å². The second kappa shape index (κ2) is 6.75. The zero-order valence-electron chi connectivity index (χ0n) is 11.1. The van der Waals surface area contributed by atoms with E-state index in [0.29, 0.717) is 5.75 Å². The van der Waals surface area contributed by atoms with Crippen LogP contribution in [0.1, 0.15) is 26.7 Å². The molecular weight excluding hydrogens is 269 g/mol. The maximum Gasteiger partial charge on any atom is 0.314 e. The van der Waals surface area contributed by atoms with Gasteiger partial charge in [0.2, 0.25) is 5.75 Å². The number of para-hydroxylation sites is 1. The van der Waals surface area contributed by atoms with Gasteiger partial charge >= 0.3 is 5.69 Å². The fourth-order valence-electron chi connectivity index (χ4n) is 1.73. The van der Waals surface area contributed by atoms with Crippen molar-refractivity contribution in [2.75, 3.05) is 12.4 Å².